The molecule has 0 amide bonds. The van der Waals surface area contributed by atoms with Gasteiger partial charge in [-0.25, -0.2) is 9.98 Å². The molecule has 0 unspecified atom stereocenters. The molecule has 1 aliphatic heterocycles. The van der Waals surface area contributed by atoms with Crippen molar-refractivity contribution in [3.63, 3.8) is 0 Å². The summed E-state index contributed by atoms with van der Waals surface area (Å²) < 4.78 is 0. The standard InChI is InChI=1S/C7H5N2S/c10-7-8-5-3-1-2-4-6(5)9-7/h1-4,10H. The molecule has 1 radical (unpaired) electrons. The van der Waals surface area contributed by atoms with E-state index in [9.17, 15) is 0 Å². The molecule has 3 heteroatoms. The molecule has 0 aliphatic carbocycles. The summed E-state index contributed by atoms with van der Waals surface area (Å²) in [5, 5.41) is 1.82. The molecule has 49 valence electrons. The maximum absolute atomic E-state index is 4.07. The van der Waals surface area contributed by atoms with Crippen LogP contribution in [0, 0.1) is 5.50 Å². The molecule has 0 bridgehead atoms. The van der Waals surface area contributed by atoms with E-state index in [1.54, 1.807) is 0 Å². The highest BCUT2D eigenvalue weighted by Crippen LogP contribution is 2.07. The van der Waals surface area contributed by atoms with Gasteiger partial charge in [-0.15, -0.1) is 12.6 Å². The SMILES string of the molecule is S[C]1N=c2ccccc2=N1. The summed E-state index contributed by atoms with van der Waals surface area (Å²) in [4.78, 5) is 8.13. The Kier molecular flexibility index (Phi) is 1.24. The van der Waals surface area contributed by atoms with Crippen LogP contribution in [0.3, 0.4) is 0 Å². The summed E-state index contributed by atoms with van der Waals surface area (Å²) in [6.45, 7) is 0. The average molecular weight is 149 g/mol. The zero-order chi connectivity index (χ0) is 6.97. The first-order valence-electron chi connectivity index (χ1n) is 2.95. The van der Waals surface area contributed by atoms with Gasteiger partial charge in [-0.1, -0.05) is 12.1 Å². The van der Waals surface area contributed by atoms with Crippen molar-refractivity contribution in [1.82, 2.24) is 0 Å². The van der Waals surface area contributed by atoms with Crippen molar-refractivity contribution in [2.75, 3.05) is 0 Å². The Balaban J connectivity index is 2.83. The highest BCUT2D eigenvalue weighted by atomic mass is 32.1. The first-order valence-corrected chi connectivity index (χ1v) is 3.39. The molecule has 0 saturated carbocycles. The molecule has 2 nitrogen and oxygen atoms in total. The average Bonchev–Trinajstić information content (AvgIpc) is 2.27. The smallest absolute Gasteiger partial charge is 0.238 e. The molecule has 0 aromatic heterocycles. The highest BCUT2D eigenvalue weighted by Gasteiger charge is 2.03. The first-order chi connectivity index (χ1) is 4.86. The number of thiol groups is 1. The van der Waals surface area contributed by atoms with E-state index in [-0.39, 0.29) is 0 Å². The second-order valence-corrected chi connectivity index (χ2v) is 2.41. The van der Waals surface area contributed by atoms with E-state index >= 15 is 0 Å². The van der Waals surface area contributed by atoms with Gasteiger partial charge in [-0.05, 0) is 12.1 Å². The van der Waals surface area contributed by atoms with Gasteiger partial charge in [0.25, 0.3) is 5.50 Å². The number of hydrogen-bond acceptors (Lipinski definition) is 3. The Morgan fingerprint density at radius 3 is 2.00 bits per heavy atom. The fourth-order valence-electron chi connectivity index (χ4n) is 0.894. The third-order valence-corrected chi connectivity index (χ3v) is 1.52. The third kappa shape index (κ3) is 0.827. The van der Waals surface area contributed by atoms with Gasteiger partial charge in [0, 0.05) is 0 Å². The minimum absolute atomic E-state index is 0.543. The zero-order valence-electron chi connectivity index (χ0n) is 5.15. The monoisotopic (exact) mass is 149 g/mol. The molecular formula is C7H5N2S. The van der Waals surface area contributed by atoms with Crippen molar-refractivity contribution >= 4 is 12.6 Å². The summed E-state index contributed by atoms with van der Waals surface area (Å²) >= 11 is 4.02. The molecule has 1 aromatic rings. The number of nitrogens with zero attached hydrogens (tertiary/aromatic N) is 2. The van der Waals surface area contributed by atoms with E-state index < -0.39 is 0 Å². The van der Waals surface area contributed by atoms with Crippen LogP contribution < -0.4 is 10.7 Å². The lowest BCUT2D eigenvalue weighted by atomic mass is 10.3. The van der Waals surface area contributed by atoms with Crippen LogP contribution in [0.15, 0.2) is 34.3 Å². The van der Waals surface area contributed by atoms with Crippen molar-refractivity contribution in [2.24, 2.45) is 9.98 Å². The Morgan fingerprint density at radius 2 is 1.50 bits per heavy atom. The summed E-state index contributed by atoms with van der Waals surface area (Å²) in [5.41, 5.74) is 0.543. The van der Waals surface area contributed by atoms with Gasteiger partial charge in [-0.3, -0.25) is 0 Å². The Hall–Kier alpha value is -0.830. The number of benzene rings is 1. The molecule has 0 saturated heterocycles. The summed E-state index contributed by atoms with van der Waals surface area (Å²) in [6.07, 6.45) is 0. The van der Waals surface area contributed by atoms with Crippen LogP contribution >= 0.6 is 12.6 Å². The van der Waals surface area contributed by atoms with Gasteiger partial charge in [0.2, 0.25) is 0 Å². The molecule has 1 aromatic carbocycles. The van der Waals surface area contributed by atoms with Gasteiger partial charge >= 0.3 is 0 Å². The topological polar surface area (TPSA) is 24.7 Å². The minimum Gasteiger partial charge on any atom is -0.238 e. The van der Waals surface area contributed by atoms with Crippen LogP contribution in [-0.4, -0.2) is 0 Å². The molecule has 0 spiro atoms. The third-order valence-electron chi connectivity index (χ3n) is 1.32. The second kappa shape index (κ2) is 2.09. The Morgan fingerprint density at radius 1 is 1.00 bits per heavy atom. The Labute approximate surface area is 63.7 Å². The fourth-order valence-corrected chi connectivity index (χ4v) is 1.11. The largest absolute Gasteiger partial charge is 0.251 e. The number of fused-ring (bicyclic) bond motifs is 1. The van der Waals surface area contributed by atoms with Gasteiger partial charge < -0.3 is 0 Å². The van der Waals surface area contributed by atoms with Crippen LogP contribution in [0.2, 0.25) is 0 Å². The summed E-state index contributed by atoms with van der Waals surface area (Å²) in [7, 11) is 0. The van der Waals surface area contributed by atoms with E-state index in [0.717, 1.165) is 10.7 Å². The van der Waals surface area contributed by atoms with E-state index in [2.05, 4.69) is 22.6 Å². The molecule has 1 heterocycles. The molecule has 0 N–H and O–H groups in total. The molecule has 1 aliphatic rings. The highest BCUT2D eigenvalue weighted by molar-refractivity contribution is 7.83. The summed E-state index contributed by atoms with van der Waals surface area (Å²) in [6, 6.07) is 7.71. The lowest BCUT2D eigenvalue weighted by Crippen LogP contribution is -2.19. The van der Waals surface area contributed by atoms with Gasteiger partial charge in [0.05, 0.1) is 10.7 Å². The van der Waals surface area contributed by atoms with E-state index in [1.807, 2.05) is 24.3 Å². The van der Waals surface area contributed by atoms with Crippen molar-refractivity contribution in [1.29, 1.82) is 0 Å². The van der Waals surface area contributed by atoms with Crippen LogP contribution in [0.4, 0.5) is 0 Å². The van der Waals surface area contributed by atoms with E-state index in [4.69, 9.17) is 0 Å². The number of rotatable bonds is 0. The van der Waals surface area contributed by atoms with Crippen molar-refractivity contribution in [2.45, 2.75) is 0 Å². The zero-order valence-corrected chi connectivity index (χ0v) is 6.05. The Bertz CT molecular complexity index is 323. The quantitative estimate of drug-likeness (QED) is 0.514. The molecule has 0 fully saturated rings. The minimum atomic E-state index is 0.543. The van der Waals surface area contributed by atoms with E-state index in [1.165, 1.54) is 0 Å². The first kappa shape index (κ1) is 5.92. The predicted octanol–water partition coefficient (Wildman–Crippen LogP) is 0.316. The van der Waals surface area contributed by atoms with Crippen molar-refractivity contribution in [3.8, 4) is 0 Å². The van der Waals surface area contributed by atoms with Crippen molar-refractivity contribution < 1.29 is 0 Å². The fraction of sp³-hybridized carbons (Fsp3) is 0. The normalized spacial score (nSPS) is 15.7. The summed E-state index contributed by atoms with van der Waals surface area (Å²) in [5.74, 6) is 0. The number of hydrogen-bond donors (Lipinski definition) is 1. The van der Waals surface area contributed by atoms with Gasteiger partial charge in [-0.2, -0.15) is 0 Å². The second-order valence-electron chi connectivity index (χ2n) is 2.01. The van der Waals surface area contributed by atoms with E-state index in [0.29, 0.717) is 5.50 Å². The molecule has 10 heavy (non-hydrogen) atoms. The van der Waals surface area contributed by atoms with Crippen molar-refractivity contribution in [3.05, 3.63) is 40.5 Å². The molecule has 0 atom stereocenters. The molecular weight excluding hydrogens is 144 g/mol. The van der Waals surface area contributed by atoms with Crippen LogP contribution in [-0.2, 0) is 0 Å². The predicted molar refractivity (Wildman–Crippen MR) is 41.0 cm³/mol. The number of para-hydroxylation sites is 2. The van der Waals surface area contributed by atoms with Crippen LogP contribution in [0.25, 0.3) is 0 Å². The lowest BCUT2D eigenvalue weighted by Gasteiger charge is -1.81. The lowest BCUT2D eigenvalue weighted by molar-refractivity contribution is 1.18. The molecule has 2 rings (SSSR count). The van der Waals surface area contributed by atoms with Gasteiger partial charge in [0.1, 0.15) is 0 Å². The maximum Gasteiger partial charge on any atom is 0.251 e. The van der Waals surface area contributed by atoms with Crippen LogP contribution in [0.1, 0.15) is 0 Å². The van der Waals surface area contributed by atoms with Gasteiger partial charge in [0.15, 0.2) is 0 Å². The van der Waals surface area contributed by atoms with Crippen LogP contribution in [0.5, 0.6) is 0 Å². The maximum atomic E-state index is 4.07.